The first kappa shape index (κ1) is 25.5. The number of nitrogens with two attached hydrogens (primary N) is 1. The Morgan fingerprint density at radius 1 is 1.30 bits per heavy atom. The molecule has 2 saturated carbocycles. The van der Waals surface area contributed by atoms with Crippen LogP contribution in [0.3, 0.4) is 0 Å². The van der Waals surface area contributed by atoms with Crippen molar-refractivity contribution in [1.29, 1.82) is 0 Å². The summed E-state index contributed by atoms with van der Waals surface area (Å²) in [4.78, 5) is 15.4. The maximum atomic E-state index is 12.9. The quantitative estimate of drug-likeness (QED) is 0.582. The Hall–Kier alpha value is -3.17. The van der Waals surface area contributed by atoms with Crippen molar-refractivity contribution in [1.82, 2.24) is 19.7 Å². The molecule has 2 aromatic rings. The van der Waals surface area contributed by atoms with Gasteiger partial charge in [-0.3, -0.25) is 14.6 Å². The summed E-state index contributed by atoms with van der Waals surface area (Å²) in [5.74, 6) is -0.882. The van der Waals surface area contributed by atoms with Gasteiger partial charge in [-0.1, -0.05) is 4.85 Å². The third-order valence-corrected chi connectivity index (χ3v) is 7.96. The second kappa shape index (κ2) is 9.29. The summed E-state index contributed by atoms with van der Waals surface area (Å²) in [6, 6.07) is 3.18. The lowest BCUT2D eigenvalue weighted by Gasteiger charge is -2.40. The minimum atomic E-state index is -4.89. The smallest absolute Gasteiger partial charge is 0.402 e. The molecule has 2 N–H and O–H groups in total. The maximum Gasteiger partial charge on any atom is 0.573 e. The van der Waals surface area contributed by atoms with Crippen LogP contribution in [0.25, 0.3) is 16.1 Å². The number of nitrogens with zero attached hydrogens (tertiary/aromatic N) is 6. The third-order valence-electron chi connectivity index (χ3n) is 7.96. The summed E-state index contributed by atoms with van der Waals surface area (Å²) in [6.45, 7) is 17.1. The van der Waals surface area contributed by atoms with E-state index in [0.717, 1.165) is 31.6 Å². The zero-order chi connectivity index (χ0) is 26.5. The van der Waals surface area contributed by atoms with Gasteiger partial charge in [0, 0.05) is 55.7 Å². The number of hydrogen-bond donors (Lipinski definition) is 1. The normalized spacial score (nSPS) is 30.0. The van der Waals surface area contributed by atoms with Gasteiger partial charge in [0.05, 0.1) is 30.6 Å². The monoisotopic (exact) mass is 518 g/mol. The van der Waals surface area contributed by atoms with Crippen molar-refractivity contribution in [2.75, 3.05) is 32.0 Å². The number of morpholine rings is 1. The van der Waals surface area contributed by atoms with Crippen LogP contribution in [0.1, 0.15) is 44.3 Å². The average Bonchev–Trinajstić information content (AvgIpc) is 3.55. The lowest BCUT2D eigenvalue weighted by Crippen LogP contribution is -2.51. The van der Waals surface area contributed by atoms with Gasteiger partial charge in [-0.05, 0) is 32.7 Å². The van der Waals surface area contributed by atoms with Gasteiger partial charge in [0.2, 0.25) is 0 Å². The van der Waals surface area contributed by atoms with Crippen molar-refractivity contribution in [2.24, 2.45) is 10.9 Å². The van der Waals surface area contributed by atoms with Gasteiger partial charge in [-0.15, -0.1) is 13.2 Å². The first-order chi connectivity index (χ1) is 17.6. The van der Waals surface area contributed by atoms with Crippen molar-refractivity contribution >= 4 is 12.5 Å². The predicted octanol–water partition coefficient (Wildman–Crippen LogP) is 3.99. The van der Waals surface area contributed by atoms with Crippen LogP contribution in [0.15, 0.2) is 23.3 Å². The van der Waals surface area contributed by atoms with E-state index in [1.165, 1.54) is 12.3 Å². The second-order valence-corrected chi connectivity index (χ2v) is 10.3. The number of alkyl halides is 3. The van der Waals surface area contributed by atoms with E-state index >= 15 is 0 Å². The van der Waals surface area contributed by atoms with Gasteiger partial charge in [-0.2, -0.15) is 5.10 Å². The van der Waals surface area contributed by atoms with Crippen LogP contribution in [0.5, 0.6) is 5.75 Å². The number of fused-ring (bicyclic) bond motifs is 2. The number of aliphatic imine (C=N–C) groups is 1. The summed E-state index contributed by atoms with van der Waals surface area (Å²) in [7, 11) is 0. The molecule has 5 rings (SSSR count). The van der Waals surface area contributed by atoms with Crippen LogP contribution in [0.4, 0.5) is 19.0 Å². The molecule has 2 aliphatic carbocycles. The lowest BCUT2D eigenvalue weighted by molar-refractivity contribution is -0.274. The van der Waals surface area contributed by atoms with E-state index in [1.807, 2.05) is 24.6 Å². The molecule has 198 valence electrons. The van der Waals surface area contributed by atoms with E-state index < -0.39 is 17.7 Å². The van der Waals surface area contributed by atoms with Gasteiger partial charge in [0.25, 0.3) is 12.1 Å². The number of aromatic nitrogens is 3. The maximum absolute atomic E-state index is 12.9. The molecule has 2 aromatic heterocycles. The molecule has 3 heterocycles. The highest BCUT2D eigenvalue weighted by atomic mass is 19.4. The Morgan fingerprint density at radius 2 is 2.03 bits per heavy atom. The molecular formula is C25H31F3N7O2+. The molecule has 2 unspecified atom stereocenters. The molecule has 2 bridgehead atoms. The van der Waals surface area contributed by atoms with Crippen LogP contribution in [-0.4, -0.2) is 76.7 Å². The van der Waals surface area contributed by atoms with Crippen molar-refractivity contribution < 1.29 is 22.6 Å². The Balaban J connectivity index is 1.54. The fraction of sp³-hybridized carbons (Fsp3) is 0.600. The zero-order valence-electron chi connectivity index (χ0n) is 20.9. The molecule has 37 heavy (non-hydrogen) atoms. The van der Waals surface area contributed by atoms with Crippen molar-refractivity contribution in [3.05, 3.63) is 28.9 Å². The summed E-state index contributed by atoms with van der Waals surface area (Å²) in [6.07, 6.45) is -1.94. The number of hydrogen-bond acceptors (Lipinski definition) is 7. The van der Waals surface area contributed by atoms with Gasteiger partial charge in [0.15, 0.2) is 11.6 Å². The molecule has 5 atom stereocenters. The van der Waals surface area contributed by atoms with Crippen molar-refractivity contribution in [3.63, 3.8) is 0 Å². The number of pyridine rings is 1. The molecule has 12 heteroatoms. The van der Waals surface area contributed by atoms with Crippen LogP contribution < -0.4 is 10.5 Å². The standard InChI is InChI=1S/C25H31F3N7O2/c1-14(2)35-18(10-17(33-35)15-9-20(23(29)32-13-15)37-25(26,27)28)21-22(30-3)16-11-24(21,31-4)12-19(16)34-5-7-36-8-6-34/h4,9-10,13-14,16,19,21-22H,3,5-8,11-12H2,1-2H3,(H2,29,32)/q+1/t16?,19-,21-,22?,24+/m1/s1. The van der Waals surface area contributed by atoms with E-state index in [2.05, 4.69) is 31.2 Å². The van der Waals surface area contributed by atoms with Crippen LogP contribution in [0, 0.1) is 12.5 Å². The van der Waals surface area contributed by atoms with E-state index in [9.17, 15) is 13.2 Å². The summed E-state index contributed by atoms with van der Waals surface area (Å²) in [5.41, 5.74) is 6.75. The molecule has 1 aliphatic heterocycles. The van der Waals surface area contributed by atoms with Gasteiger partial charge >= 0.3 is 6.36 Å². The molecule has 0 radical (unpaired) electrons. The molecule has 0 amide bonds. The summed E-state index contributed by atoms with van der Waals surface area (Å²) in [5, 5.41) is 4.75. The largest absolute Gasteiger partial charge is 0.573 e. The minimum Gasteiger partial charge on any atom is -0.402 e. The fourth-order valence-corrected chi connectivity index (χ4v) is 6.49. The Kier molecular flexibility index (Phi) is 6.40. The topological polar surface area (TPSA) is 95.2 Å². The van der Waals surface area contributed by atoms with Crippen molar-refractivity contribution in [2.45, 2.75) is 62.6 Å². The highest BCUT2D eigenvalue weighted by Gasteiger charge is 2.71. The van der Waals surface area contributed by atoms with E-state index in [1.54, 1.807) is 0 Å². The fourth-order valence-electron chi connectivity index (χ4n) is 6.49. The average molecular weight is 519 g/mol. The Bertz CT molecular complexity index is 1220. The van der Waals surface area contributed by atoms with E-state index in [-0.39, 0.29) is 35.8 Å². The van der Waals surface area contributed by atoms with Crippen molar-refractivity contribution in [3.8, 4) is 23.6 Å². The highest BCUT2D eigenvalue weighted by Crippen LogP contribution is 2.60. The minimum absolute atomic E-state index is 0.0363. The third kappa shape index (κ3) is 4.44. The number of anilines is 1. The SMILES string of the molecule is C#[N+][C@]12CC(C(N=C)[C@H]1c1cc(-c3cnc(N)c(OC(F)(F)F)c3)nn1C(C)C)[C@H](N1CCOCC1)C2. The number of halogens is 3. The van der Waals surface area contributed by atoms with Crippen LogP contribution in [-0.2, 0) is 4.74 Å². The molecule has 1 saturated heterocycles. The van der Waals surface area contributed by atoms with Crippen LogP contribution >= 0.6 is 0 Å². The van der Waals surface area contributed by atoms with Gasteiger partial charge in [-0.25, -0.2) is 4.98 Å². The molecule has 3 fully saturated rings. The van der Waals surface area contributed by atoms with Crippen LogP contribution in [0.2, 0.25) is 0 Å². The van der Waals surface area contributed by atoms with Gasteiger partial charge < -0.3 is 15.2 Å². The molecule has 0 aromatic carbocycles. The van der Waals surface area contributed by atoms with Gasteiger partial charge in [0.1, 0.15) is 5.92 Å². The number of rotatable bonds is 6. The predicted molar refractivity (Wildman–Crippen MR) is 133 cm³/mol. The first-order valence-electron chi connectivity index (χ1n) is 12.4. The lowest BCUT2D eigenvalue weighted by atomic mass is 9.75. The van der Waals surface area contributed by atoms with E-state index in [0.29, 0.717) is 24.5 Å². The van der Waals surface area contributed by atoms with E-state index in [4.69, 9.17) is 22.1 Å². The second-order valence-electron chi connectivity index (χ2n) is 10.3. The summed E-state index contributed by atoms with van der Waals surface area (Å²) < 4.78 is 50.1. The molecular weight excluding hydrogens is 487 g/mol. The highest BCUT2D eigenvalue weighted by molar-refractivity contribution is 5.64. The number of ether oxygens (including phenoxy) is 2. The Morgan fingerprint density at radius 3 is 2.65 bits per heavy atom. The first-order valence-corrected chi connectivity index (χ1v) is 12.4. The Labute approximate surface area is 213 Å². The number of nitrogen functional groups attached to an aromatic ring is 1. The molecule has 9 nitrogen and oxygen atoms in total. The zero-order valence-corrected chi connectivity index (χ0v) is 20.9. The molecule has 3 aliphatic rings. The molecule has 0 spiro atoms. The summed E-state index contributed by atoms with van der Waals surface area (Å²) >= 11 is 0.